The fraction of sp³-hybridized carbons (Fsp3) is 0.852. The Kier molecular flexibility index (Phi) is 50.9. The highest BCUT2D eigenvalue weighted by atomic mass is 16.7. The van der Waals surface area contributed by atoms with Crippen molar-refractivity contribution >= 4 is 17.9 Å². The highest BCUT2D eigenvalue weighted by Gasteiger charge is 2.25. The summed E-state index contributed by atoms with van der Waals surface area (Å²) in [5.41, 5.74) is 0. The van der Waals surface area contributed by atoms with Gasteiger partial charge < -0.3 is 28.5 Å². The van der Waals surface area contributed by atoms with Gasteiger partial charge >= 0.3 is 17.9 Å². The molecule has 0 saturated carbocycles. The molecule has 2 atom stereocenters. The first-order chi connectivity index (χ1) is 34.1. The predicted molar refractivity (Wildman–Crippen MR) is 295 cm³/mol. The summed E-state index contributed by atoms with van der Waals surface area (Å²) in [7, 11) is 5.97. The average molecular weight is 990 g/mol. The Hall–Kier alpha value is -2.49. The van der Waals surface area contributed by atoms with E-state index in [0.717, 1.165) is 57.8 Å². The summed E-state index contributed by atoms with van der Waals surface area (Å²) in [4.78, 5) is 37.4. The van der Waals surface area contributed by atoms with Crippen molar-refractivity contribution in [2.75, 3.05) is 47.5 Å². The number of hydrogen-bond donors (Lipinski definition) is 1. The zero-order chi connectivity index (χ0) is 51.3. The van der Waals surface area contributed by atoms with Crippen LogP contribution in [0, 0.1) is 0 Å². The summed E-state index contributed by atoms with van der Waals surface area (Å²) >= 11 is 0. The minimum Gasteiger partial charge on any atom is -0.477 e. The van der Waals surface area contributed by atoms with Gasteiger partial charge in [0.2, 0.25) is 0 Å². The van der Waals surface area contributed by atoms with E-state index in [2.05, 4.69) is 50.3 Å². The standard InChI is InChI=1S/C61H113NO8/c1-6-8-10-12-14-16-18-20-22-24-26-28-29-30-32-33-35-37-39-41-43-45-47-49-51-58(63)68-55-57(56-69-61(60(65)66)67-54-53-62(3,4)5)70-59(64)52-50-48-46-44-42-40-38-36-34-31-27-25-23-21-19-17-15-13-11-9-7-2/h19,21,25,27,34,36,57,61H,6-18,20,22-24,26,28-33,35,37-56H2,1-5H3/p+1/b21-19-,27-25-,36-34-. The first-order valence-corrected chi connectivity index (χ1v) is 29.7. The van der Waals surface area contributed by atoms with E-state index in [1.807, 2.05) is 21.1 Å². The molecule has 0 spiro atoms. The number of carboxylic acids is 1. The lowest BCUT2D eigenvalue weighted by Crippen LogP contribution is -2.40. The van der Waals surface area contributed by atoms with Crippen molar-refractivity contribution in [2.24, 2.45) is 0 Å². The molecule has 0 radical (unpaired) electrons. The second kappa shape index (κ2) is 52.8. The van der Waals surface area contributed by atoms with Crippen LogP contribution in [0.1, 0.15) is 277 Å². The first-order valence-electron chi connectivity index (χ1n) is 29.7. The lowest BCUT2D eigenvalue weighted by Gasteiger charge is -2.25. The van der Waals surface area contributed by atoms with Gasteiger partial charge in [-0.1, -0.05) is 249 Å². The van der Waals surface area contributed by atoms with Crippen LogP contribution in [0.15, 0.2) is 36.5 Å². The largest absolute Gasteiger partial charge is 0.477 e. The fourth-order valence-corrected chi connectivity index (χ4v) is 8.55. The second-order valence-corrected chi connectivity index (χ2v) is 21.3. The van der Waals surface area contributed by atoms with Crippen LogP contribution in [0.25, 0.3) is 0 Å². The molecule has 0 fully saturated rings. The average Bonchev–Trinajstić information content (AvgIpc) is 3.33. The Morgan fingerprint density at radius 2 is 0.771 bits per heavy atom. The van der Waals surface area contributed by atoms with Crippen LogP contribution in [0.3, 0.4) is 0 Å². The van der Waals surface area contributed by atoms with E-state index in [1.165, 1.54) is 186 Å². The van der Waals surface area contributed by atoms with Gasteiger partial charge in [-0.25, -0.2) is 4.79 Å². The van der Waals surface area contributed by atoms with Crippen LogP contribution in [0.2, 0.25) is 0 Å². The number of allylic oxidation sites excluding steroid dienone is 6. The van der Waals surface area contributed by atoms with Gasteiger partial charge in [0.05, 0.1) is 34.4 Å². The summed E-state index contributed by atoms with van der Waals surface area (Å²) in [5, 5.41) is 9.70. The Labute approximate surface area is 432 Å². The second-order valence-electron chi connectivity index (χ2n) is 21.3. The number of carbonyl (C=O) groups excluding carboxylic acids is 2. The van der Waals surface area contributed by atoms with E-state index < -0.39 is 24.3 Å². The van der Waals surface area contributed by atoms with Crippen molar-refractivity contribution in [2.45, 2.75) is 289 Å². The van der Waals surface area contributed by atoms with Crippen molar-refractivity contribution in [1.29, 1.82) is 0 Å². The summed E-state index contributed by atoms with van der Waals surface area (Å²) < 4.78 is 22.9. The molecule has 70 heavy (non-hydrogen) atoms. The third kappa shape index (κ3) is 53.3. The smallest absolute Gasteiger partial charge is 0.361 e. The van der Waals surface area contributed by atoms with Gasteiger partial charge in [-0.3, -0.25) is 9.59 Å². The zero-order valence-electron chi connectivity index (χ0n) is 46.7. The normalized spacial score (nSPS) is 13.0. The Balaban J connectivity index is 4.23. The van der Waals surface area contributed by atoms with Gasteiger partial charge in [-0.05, 0) is 51.4 Å². The molecular formula is C61H114NO8+. The molecule has 1 N–H and O–H groups in total. The molecule has 0 rings (SSSR count). The van der Waals surface area contributed by atoms with Crippen molar-refractivity contribution in [3.8, 4) is 0 Å². The maximum Gasteiger partial charge on any atom is 0.361 e. The molecule has 2 unspecified atom stereocenters. The van der Waals surface area contributed by atoms with Crippen LogP contribution in [0.4, 0.5) is 0 Å². The summed E-state index contributed by atoms with van der Waals surface area (Å²) in [6, 6.07) is 0. The van der Waals surface area contributed by atoms with Crippen LogP contribution >= 0.6 is 0 Å². The number of rotatable bonds is 55. The van der Waals surface area contributed by atoms with Crippen LogP contribution in [-0.2, 0) is 33.3 Å². The molecule has 0 aliphatic rings. The van der Waals surface area contributed by atoms with Gasteiger partial charge in [0.25, 0.3) is 6.29 Å². The number of unbranched alkanes of at least 4 members (excludes halogenated alkanes) is 34. The lowest BCUT2D eigenvalue weighted by atomic mass is 10.0. The van der Waals surface area contributed by atoms with Gasteiger partial charge in [0, 0.05) is 12.8 Å². The van der Waals surface area contributed by atoms with Gasteiger partial charge in [0.1, 0.15) is 13.2 Å². The molecule has 0 bridgehead atoms. The SMILES string of the molecule is CCCCCCC/C=C\C/C=C\C/C=C\CCCCCCCCC(=O)OC(COC(=O)CCCCCCCCCCCCCCCCCCCCCCCCCC)COC(OCC[N+](C)(C)C)C(=O)O. The number of ether oxygens (including phenoxy) is 4. The van der Waals surface area contributed by atoms with Gasteiger partial charge in [-0.2, -0.15) is 0 Å². The van der Waals surface area contributed by atoms with E-state index in [1.54, 1.807) is 0 Å². The summed E-state index contributed by atoms with van der Waals surface area (Å²) in [5.74, 6) is -2.01. The third-order valence-corrected chi connectivity index (χ3v) is 13.1. The summed E-state index contributed by atoms with van der Waals surface area (Å²) in [6.07, 6.45) is 60.8. The van der Waals surface area contributed by atoms with Crippen LogP contribution in [-0.4, -0.2) is 87.4 Å². The monoisotopic (exact) mass is 989 g/mol. The molecule has 0 aromatic rings. The number of carboxylic acid groups (broad SMARTS) is 1. The number of nitrogens with zero attached hydrogens (tertiary/aromatic N) is 1. The van der Waals surface area contributed by atoms with Crippen molar-refractivity contribution in [3.63, 3.8) is 0 Å². The van der Waals surface area contributed by atoms with E-state index in [4.69, 9.17) is 18.9 Å². The number of carbonyl (C=O) groups is 3. The topological polar surface area (TPSA) is 108 Å². The maximum absolute atomic E-state index is 12.9. The number of likely N-dealkylation sites (N-methyl/N-ethyl adjacent to an activating group) is 1. The summed E-state index contributed by atoms with van der Waals surface area (Å²) in [6.45, 7) is 4.89. The number of quaternary nitrogens is 1. The minimum absolute atomic E-state index is 0.184. The van der Waals surface area contributed by atoms with Crippen molar-refractivity contribution in [1.82, 2.24) is 0 Å². The molecule has 0 aliphatic carbocycles. The highest BCUT2D eigenvalue weighted by Crippen LogP contribution is 2.17. The van der Waals surface area contributed by atoms with Crippen molar-refractivity contribution in [3.05, 3.63) is 36.5 Å². The van der Waals surface area contributed by atoms with E-state index in [0.29, 0.717) is 23.9 Å². The Bertz CT molecular complexity index is 1240. The molecule has 0 aliphatic heterocycles. The molecule has 9 nitrogen and oxygen atoms in total. The first kappa shape index (κ1) is 67.5. The predicted octanol–water partition coefficient (Wildman–Crippen LogP) is 17.3. The van der Waals surface area contributed by atoms with Gasteiger partial charge in [0.15, 0.2) is 6.10 Å². The molecular weight excluding hydrogens is 875 g/mol. The van der Waals surface area contributed by atoms with Crippen LogP contribution < -0.4 is 0 Å². The molecule has 0 amide bonds. The lowest BCUT2D eigenvalue weighted by molar-refractivity contribution is -0.870. The van der Waals surface area contributed by atoms with Crippen LogP contribution in [0.5, 0.6) is 0 Å². The van der Waals surface area contributed by atoms with Gasteiger partial charge in [-0.15, -0.1) is 0 Å². The molecule has 410 valence electrons. The van der Waals surface area contributed by atoms with Crippen molar-refractivity contribution < 1.29 is 42.9 Å². The molecule has 0 saturated heterocycles. The Morgan fingerprint density at radius 1 is 0.429 bits per heavy atom. The minimum atomic E-state index is -1.51. The number of esters is 2. The number of hydrogen-bond acceptors (Lipinski definition) is 7. The fourth-order valence-electron chi connectivity index (χ4n) is 8.55. The van der Waals surface area contributed by atoms with E-state index >= 15 is 0 Å². The zero-order valence-corrected chi connectivity index (χ0v) is 46.7. The Morgan fingerprint density at radius 3 is 1.14 bits per heavy atom. The van der Waals surface area contributed by atoms with E-state index in [-0.39, 0.29) is 32.2 Å². The molecule has 0 aromatic carbocycles. The highest BCUT2D eigenvalue weighted by molar-refractivity contribution is 5.71. The maximum atomic E-state index is 12.9. The number of aliphatic carboxylic acids is 1. The molecule has 9 heteroatoms. The molecule has 0 aromatic heterocycles. The van der Waals surface area contributed by atoms with E-state index in [9.17, 15) is 19.5 Å². The third-order valence-electron chi connectivity index (χ3n) is 13.1. The quantitative estimate of drug-likeness (QED) is 0.0211. The molecule has 0 heterocycles.